The van der Waals surface area contributed by atoms with Crippen LogP contribution in [0, 0.1) is 0 Å². The predicted octanol–water partition coefficient (Wildman–Crippen LogP) is 3.04. The van der Waals surface area contributed by atoms with Crippen molar-refractivity contribution in [3.05, 3.63) is 46.5 Å². The van der Waals surface area contributed by atoms with E-state index in [-0.39, 0.29) is 12.3 Å². The SMILES string of the molecule is Nc1nc(CCC(=O)NCCc2cccc(C(F)(F)F)c2)cs1. The lowest BCUT2D eigenvalue weighted by Crippen LogP contribution is -2.26. The van der Waals surface area contributed by atoms with Crippen molar-refractivity contribution in [1.29, 1.82) is 0 Å². The summed E-state index contributed by atoms with van der Waals surface area (Å²) in [4.78, 5) is 15.7. The maximum atomic E-state index is 12.6. The third-order valence-electron chi connectivity index (χ3n) is 3.17. The zero-order chi connectivity index (χ0) is 16.9. The number of thiazole rings is 1. The number of nitrogens with zero attached hydrogens (tertiary/aromatic N) is 1. The van der Waals surface area contributed by atoms with Gasteiger partial charge in [-0.15, -0.1) is 11.3 Å². The first-order valence-electron chi connectivity index (χ1n) is 6.97. The number of carbonyl (C=O) groups is 1. The first kappa shape index (κ1) is 17.3. The quantitative estimate of drug-likeness (QED) is 0.847. The molecule has 124 valence electrons. The van der Waals surface area contributed by atoms with Crippen LogP contribution in [0.2, 0.25) is 0 Å². The Labute approximate surface area is 135 Å². The van der Waals surface area contributed by atoms with Crippen molar-refractivity contribution in [2.24, 2.45) is 0 Å². The number of alkyl halides is 3. The number of anilines is 1. The predicted molar refractivity (Wildman–Crippen MR) is 83.0 cm³/mol. The first-order chi connectivity index (χ1) is 10.8. The molecule has 2 rings (SSSR count). The summed E-state index contributed by atoms with van der Waals surface area (Å²) in [6, 6.07) is 5.11. The van der Waals surface area contributed by atoms with Gasteiger partial charge in [0.05, 0.1) is 11.3 Å². The molecular formula is C15H16F3N3OS. The van der Waals surface area contributed by atoms with Gasteiger partial charge in [-0.05, 0) is 24.5 Å². The average molecular weight is 343 g/mol. The van der Waals surface area contributed by atoms with Gasteiger partial charge in [-0.25, -0.2) is 4.98 Å². The lowest BCUT2D eigenvalue weighted by Gasteiger charge is -2.09. The van der Waals surface area contributed by atoms with E-state index < -0.39 is 11.7 Å². The van der Waals surface area contributed by atoms with E-state index in [1.807, 2.05) is 0 Å². The largest absolute Gasteiger partial charge is 0.416 e. The number of nitrogens with one attached hydrogen (secondary N) is 1. The van der Waals surface area contributed by atoms with Crippen molar-refractivity contribution >= 4 is 22.4 Å². The maximum absolute atomic E-state index is 12.6. The summed E-state index contributed by atoms with van der Waals surface area (Å²) in [7, 11) is 0. The molecule has 1 heterocycles. The van der Waals surface area contributed by atoms with Crippen LogP contribution >= 0.6 is 11.3 Å². The number of benzene rings is 1. The van der Waals surface area contributed by atoms with E-state index in [4.69, 9.17) is 5.73 Å². The minimum atomic E-state index is -4.35. The number of aryl methyl sites for hydroxylation is 1. The van der Waals surface area contributed by atoms with E-state index in [9.17, 15) is 18.0 Å². The third-order valence-corrected chi connectivity index (χ3v) is 3.89. The monoisotopic (exact) mass is 343 g/mol. The molecule has 4 nitrogen and oxygen atoms in total. The van der Waals surface area contributed by atoms with Gasteiger partial charge in [-0.2, -0.15) is 13.2 Å². The zero-order valence-electron chi connectivity index (χ0n) is 12.2. The summed E-state index contributed by atoms with van der Waals surface area (Å²) in [6.45, 7) is 0.291. The van der Waals surface area contributed by atoms with E-state index in [0.717, 1.165) is 17.8 Å². The number of rotatable bonds is 6. The van der Waals surface area contributed by atoms with Crippen LogP contribution in [0.4, 0.5) is 18.3 Å². The molecule has 0 fully saturated rings. The molecular weight excluding hydrogens is 327 g/mol. The second-order valence-electron chi connectivity index (χ2n) is 4.98. The fourth-order valence-electron chi connectivity index (χ4n) is 2.02. The summed E-state index contributed by atoms with van der Waals surface area (Å²) < 4.78 is 37.8. The lowest BCUT2D eigenvalue weighted by atomic mass is 10.1. The van der Waals surface area contributed by atoms with Crippen LogP contribution in [0.3, 0.4) is 0 Å². The number of hydrogen-bond acceptors (Lipinski definition) is 4. The summed E-state index contributed by atoms with van der Waals surface area (Å²) in [6.07, 6.45) is -3.25. The van der Waals surface area contributed by atoms with Crippen LogP contribution < -0.4 is 11.1 Å². The zero-order valence-corrected chi connectivity index (χ0v) is 13.0. The summed E-state index contributed by atoms with van der Waals surface area (Å²) in [5.41, 5.74) is 6.12. The van der Waals surface area contributed by atoms with Crippen molar-refractivity contribution in [3.63, 3.8) is 0 Å². The Morgan fingerprint density at radius 3 is 2.74 bits per heavy atom. The first-order valence-corrected chi connectivity index (χ1v) is 7.85. The molecule has 2 aromatic rings. The van der Waals surface area contributed by atoms with Gasteiger partial charge >= 0.3 is 6.18 Å². The number of halogens is 3. The van der Waals surface area contributed by atoms with E-state index in [2.05, 4.69) is 10.3 Å². The summed E-state index contributed by atoms with van der Waals surface area (Å²) >= 11 is 1.32. The van der Waals surface area contributed by atoms with Crippen molar-refractivity contribution in [2.45, 2.75) is 25.4 Å². The number of nitrogen functional groups attached to an aromatic ring is 1. The number of aromatic nitrogens is 1. The van der Waals surface area contributed by atoms with Crippen LogP contribution in [0.5, 0.6) is 0 Å². The highest BCUT2D eigenvalue weighted by Crippen LogP contribution is 2.29. The molecule has 0 saturated heterocycles. The second kappa shape index (κ2) is 7.45. The Morgan fingerprint density at radius 2 is 2.09 bits per heavy atom. The number of amides is 1. The number of carbonyl (C=O) groups excluding carboxylic acids is 1. The molecule has 8 heteroatoms. The van der Waals surface area contributed by atoms with Gasteiger partial charge in [-0.3, -0.25) is 4.79 Å². The van der Waals surface area contributed by atoms with Crippen LogP contribution in [0.25, 0.3) is 0 Å². The summed E-state index contributed by atoms with van der Waals surface area (Å²) in [5.74, 6) is -0.163. The Hall–Kier alpha value is -2.09. The molecule has 0 bridgehead atoms. The van der Waals surface area contributed by atoms with Crippen molar-refractivity contribution in [3.8, 4) is 0 Å². The molecule has 1 aromatic heterocycles. The molecule has 0 aliphatic carbocycles. The van der Waals surface area contributed by atoms with E-state index in [0.29, 0.717) is 30.1 Å². The highest BCUT2D eigenvalue weighted by Gasteiger charge is 2.30. The Balaban J connectivity index is 1.75. The van der Waals surface area contributed by atoms with E-state index in [1.54, 1.807) is 11.4 Å². The van der Waals surface area contributed by atoms with Crippen molar-refractivity contribution < 1.29 is 18.0 Å². The number of nitrogens with two attached hydrogens (primary N) is 1. The molecule has 0 unspecified atom stereocenters. The Morgan fingerprint density at radius 1 is 1.30 bits per heavy atom. The molecule has 0 aliphatic heterocycles. The molecule has 23 heavy (non-hydrogen) atoms. The Kier molecular flexibility index (Phi) is 5.59. The lowest BCUT2D eigenvalue weighted by molar-refractivity contribution is -0.137. The Bertz CT molecular complexity index is 670. The van der Waals surface area contributed by atoms with E-state index in [1.165, 1.54) is 17.4 Å². The number of hydrogen-bond donors (Lipinski definition) is 2. The molecule has 0 saturated carbocycles. The summed E-state index contributed by atoms with van der Waals surface area (Å²) in [5, 5.41) is 4.95. The van der Waals surface area contributed by atoms with Crippen molar-refractivity contribution in [1.82, 2.24) is 10.3 Å². The topological polar surface area (TPSA) is 68.0 Å². The molecule has 0 radical (unpaired) electrons. The van der Waals surface area contributed by atoms with Gasteiger partial charge in [0.1, 0.15) is 0 Å². The fourth-order valence-corrected chi connectivity index (χ4v) is 2.61. The van der Waals surface area contributed by atoms with Crippen LogP contribution in [-0.2, 0) is 23.8 Å². The van der Waals surface area contributed by atoms with Gasteiger partial charge in [0.25, 0.3) is 0 Å². The van der Waals surface area contributed by atoms with E-state index >= 15 is 0 Å². The normalized spacial score (nSPS) is 11.4. The molecule has 0 aliphatic rings. The molecule has 1 amide bonds. The van der Waals surface area contributed by atoms with Crippen LogP contribution in [-0.4, -0.2) is 17.4 Å². The van der Waals surface area contributed by atoms with Gasteiger partial charge in [-0.1, -0.05) is 18.2 Å². The smallest absolute Gasteiger partial charge is 0.375 e. The van der Waals surface area contributed by atoms with Gasteiger partial charge < -0.3 is 11.1 Å². The minimum absolute atomic E-state index is 0.163. The molecule has 1 aromatic carbocycles. The van der Waals surface area contributed by atoms with Crippen LogP contribution in [0.1, 0.15) is 23.2 Å². The average Bonchev–Trinajstić information content (AvgIpc) is 2.90. The van der Waals surface area contributed by atoms with Gasteiger partial charge in [0.2, 0.25) is 5.91 Å². The minimum Gasteiger partial charge on any atom is -0.375 e. The fraction of sp³-hybridized carbons (Fsp3) is 0.333. The van der Waals surface area contributed by atoms with Crippen molar-refractivity contribution in [2.75, 3.05) is 12.3 Å². The standard InChI is InChI=1S/C15H16F3N3OS/c16-15(17,18)11-3-1-2-10(8-11)6-7-20-13(22)5-4-12-9-23-14(19)21-12/h1-3,8-9H,4-7H2,(H2,19,21)(H,20,22). The molecule has 0 spiro atoms. The molecule has 0 atom stereocenters. The highest BCUT2D eigenvalue weighted by molar-refractivity contribution is 7.13. The maximum Gasteiger partial charge on any atom is 0.416 e. The third kappa shape index (κ3) is 5.55. The van der Waals surface area contributed by atoms with Crippen LogP contribution in [0.15, 0.2) is 29.6 Å². The van der Waals surface area contributed by atoms with Gasteiger partial charge in [0, 0.05) is 18.3 Å². The second-order valence-corrected chi connectivity index (χ2v) is 5.86. The molecule has 3 N–H and O–H groups in total. The van der Waals surface area contributed by atoms with Gasteiger partial charge in [0.15, 0.2) is 5.13 Å². The highest BCUT2D eigenvalue weighted by atomic mass is 32.1.